The van der Waals surface area contributed by atoms with Crippen LogP contribution in [0.2, 0.25) is 0 Å². The quantitative estimate of drug-likeness (QED) is 0.674. The Kier molecular flexibility index (Phi) is 2.33. The van der Waals surface area contributed by atoms with Crippen molar-refractivity contribution in [1.29, 1.82) is 5.26 Å². The summed E-state index contributed by atoms with van der Waals surface area (Å²) in [5.41, 5.74) is 0.424. The van der Waals surface area contributed by atoms with E-state index in [0.717, 1.165) is 6.20 Å². The summed E-state index contributed by atoms with van der Waals surface area (Å²) in [6.45, 7) is 0. The van der Waals surface area contributed by atoms with Crippen molar-refractivity contribution in [3.8, 4) is 6.07 Å². The van der Waals surface area contributed by atoms with E-state index in [4.69, 9.17) is 10.4 Å². The maximum absolute atomic E-state index is 10.4. The fourth-order valence-corrected chi connectivity index (χ4v) is 0.695. The molecule has 0 aliphatic rings. The Bertz CT molecular complexity index is 343. The van der Waals surface area contributed by atoms with E-state index in [2.05, 4.69) is 10.2 Å². The molecule has 1 rings (SSSR count). The Morgan fingerprint density at radius 1 is 1.75 bits per heavy atom. The maximum Gasteiger partial charge on any atom is 0.337 e. The second-order valence-electron chi connectivity index (χ2n) is 2.08. The van der Waals surface area contributed by atoms with Crippen molar-refractivity contribution < 1.29 is 9.90 Å². The molecule has 0 atom stereocenters. The van der Waals surface area contributed by atoms with Gasteiger partial charge in [-0.3, -0.25) is 0 Å². The van der Waals surface area contributed by atoms with Gasteiger partial charge in [0.25, 0.3) is 0 Å². The average molecular weight is 163 g/mol. The Morgan fingerprint density at radius 3 is 3.08 bits per heavy atom. The smallest absolute Gasteiger partial charge is 0.337 e. The lowest BCUT2D eigenvalue weighted by molar-refractivity contribution is 0.0696. The minimum absolute atomic E-state index is 0.0512. The summed E-state index contributed by atoms with van der Waals surface area (Å²) in [4.78, 5) is 10.4. The van der Waals surface area contributed by atoms with Crippen LogP contribution in [0.1, 0.15) is 16.1 Å². The SMILES string of the molecule is N#CCc1cc(C(=O)O)cnn1. The number of aromatic nitrogens is 2. The van der Waals surface area contributed by atoms with Gasteiger partial charge in [0.05, 0.1) is 29.9 Å². The molecule has 0 saturated carbocycles. The third-order valence-electron chi connectivity index (χ3n) is 1.21. The summed E-state index contributed by atoms with van der Waals surface area (Å²) >= 11 is 0. The number of rotatable bonds is 2. The molecule has 0 spiro atoms. The molecule has 0 unspecified atom stereocenters. The van der Waals surface area contributed by atoms with Gasteiger partial charge in [-0.25, -0.2) is 4.79 Å². The molecule has 0 amide bonds. The largest absolute Gasteiger partial charge is 0.478 e. The van der Waals surface area contributed by atoms with Crippen molar-refractivity contribution in [2.24, 2.45) is 0 Å². The first kappa shape index (κ1) is 8.14. The van der Waals surface area contributed by atoms with Crippen molar-refractivity contribution in [1.82, 2.24) is 10.2 Å². The molecule has 12 heavy (non-hydrogen) atoms. The zero-order valence-electron chi connectivity index (χ0n) is 6.06. The van der Waals surface area contributed by atoms with Crippen molar-refractivity contribution in [3.63, 3.8) is 0 Å². The predicted octanol–water partition coefficient (Wildman–Crippen LogP) is 0.241. The number of hydrogen-bond donors (Lipinski definition) is 1. The number of carboxylic acid groups (broad SMARTS) is 1. The minimum Gasteiger partial charge on any atom is -0.478 e. The Hall–Kier alpha value is -1.96. The van der Waals surface area contributed by atoms with Gasteiger partial charge in [0.2, 0.25) is 0 Å². The molecule has 0 aliphatic heterocycles. The molecule has 0 bridgehead atoms. The monoisotopic (exact) mass is 163 g/mol. The van der Waals surface area contributed by atoms with E-state index in [-0.39, 0.29) is 12.0 Å². The first-order valence-corrected chi connectivity index (χ1v) is 3.16. The third-order valence-corrected chi connectivity index (χ3v) is 1.21. The molecule has 5 heteroatoms. The van der Waals surface area contributed by atoms with Crippen LogP contribution >= 0.6 is 0 Å². The minimum atomic E-state index is -1.07. The summed E-state index contributed by atoms with van der Waals surface area (Å²) in [6, 6.07) is 3.19. The highest BCUT2D eigenvalue weighted by molar-refractivity contribution is 5.87. The van der Waals surface area contributed by atoms with Crippen LogP contribution in [0.25, 0.3) is 0 Å². The zero-order valence-corrected chi connectivity index (χ0v) is 6.06. The van der Waals surface area contributed by atoms with E-state index in [9.17, 15) is 4.79 Å². The number of carbonyl (C=O) groups is 1. The van der Waals surface area contributed by atoms with Gasteiger partial charge in [-0.15, -0.1) is 0 Å². The van der Waals surface area contributed by atoms with Crippen LogP contribution < -0.4 is 0 Å². The molecule has 0 aromatic carbocycles. The molecule has 5 nitrogen and oxygen atoms in total. The normalized spacial score (nSPS) is 8.92. The van der Waals surface area contributed by atoms with Gasteiger partial charge in [-0.1, -0.05) is 0 Å². The lowest BCUT2D eigenvalue weighted by Crippen LogP contribution is -2.00. The van der Waals surface area contributed by atoms with Crippen molar-refractivity contribution in [2.75, 3.05) is 0 Å². The fraction of sp³-hybridized carbons (Fsp3) is 0.143. The van der Waals surface area contributed by atoms with Gasteiger partial charge in [-0.2, -0.15) is 15.5 Å². The molecule has 1 N–H and O–H groups in total. The lowest BCUT2D eigenvalue weighted by atomic mass is 10.2. The summed E-state index contributed by atoms with van der Waals surface area (Å²) in [7, 11) is 0. The van der Waals surface area contributed by atoms with Gasteiger partial charge >= 0.3 is 5.97 Å². The summed E-state index contributed by atoms with van der Waals surface area (Å²) in [5, 5.41) is 23.8. The molecule has 60 valence electrons. The van der Waals surface area contributed by atoms with Crippen LogP contribution in [0.4, 0.5) is 0 Å². The Morgan fingerprint density at radius 2 is 2.50 bits per heavy atom. The van der Waals surface area contributed by atoms with E-state index in [1.165, 1.54) is 6.07 Å². The Balaban J connectivity index is 2.97. The van der Waals surface area contributed by atoms with Crippen LogP contribution in [0, 0.1) is 11.3 Å². The molecular formula is C7H5N3O2. The highest BCUT2D eigenvalue weighted by Crippen LogP contribution is 1.99. The van der Waals surface area contributed by atoms with Gasteiger partial charge in [0, 0.05) is 0 Å². The molecule has 1 aromatic rings. The molecule has 1 heterocycles. The van der Waals surface area contributed by atoms with Crippen LogP contribution in [0.5, 0.6) is 0 Å². The van der Waals surface area contributed by atoms with Gasteiger partial charge < -0.3 is 5.11 Å². The lowest BCUT2D eigenvalue weighted by Gasteiger charge is -1.93. The van der Waals surface area contributed by atoms with Crippen LogP contribution in [0.3, 0.4) is 0 Å². The van der Waals surface area contributed by atoms with E-state index in [1.807, 2.05) is 6.07 Å². The topological polar surface area (TPSA) is 86.9 Å². The van der Waals surface area contributed by atoms with Crippen molar-refractivity contribution in [2.45, 2.75) is 6.42 Å². The van der Waals surface area contributed by atoms with Crippen LogP contribution in [0.15, 0.2) is 12.3 Å². The van der Waals surface area contributed by atoms with E-state index in [1.54, 1.807) is 0 Å². The second kappa shape index (κ2) is 3.44. The highest BCUT2D eigenvalue weighted by Gasteiger charge is 2.04. The third kappa shape index (κ3) is 1.76. The van der Waals surface area contributed by atoms with Crippen LogP contribution in [-0.4, -0.2) is 21.3 Å². The first-order valence-electron chi connectivity index (χ1n) is 3.16. The van der Waals surface area contributed by atoms with Crippen LogP contribution in [-0.2, 0) is 6.42 Å². The predicted molar refractivity (Wildman–Crippen MR) is 38.3 cm³/mol. The van der Waals surface area contributed by atoms with E-state index < -0.39 is 5.97 Å². The first-order chi connectivity index (χ1) is 5.74. The van der Waals surface area contributed by atoms with E-state index in [0.29, 0.717) is 5.69 Å². The molecule has 0 saturated heterocycles. The number of nitrogens with zero attached hydrogens (tertiary/aromatic N) is 3. The molecule has 0 radical (unpaired) electrons. The molecular weight excluding hydrogens is 158 g/mol. The molecule has 0 aliphatic carbocycles. The summed E-state index contributed by atoms with van der Waals surface area (Å²) < 4.78 is 0. The number of aromatic carboxylic acids is 1. The Labute approximate surface area is 68.3 Å². The van der Waals surface area contributed by atoms with Crippen molar-refractivity contribution >= 4 is 5.97 Å². The number of nitriles is 1. The zero-order chi connectivity index (χ0) is 8.97. The van der Waals surface area contributed by atoms with Crippen molar-refractivity contribution in [3.05, 3.63) is 23.5 Å². The highest BCUT2D eigenvalue weighted by atomic mass is 16.4. The van der Waals surface area contributed by atoms with Gasteiger partial charge in [0.15, 0.2) is 0 Å². The second-order valence-corrected chi connectivity index (χ2v) is 2.08. The fourth-order valence-electron chi connectivity index (χ4n) is 0.695. The van der Waals surface area contributed by atoms with Gasteiger partial charge in [0.1, 0.15) is 0 Å². The average Bonchev–Trinajstić information content (AvgIpc) is 2.05. The maximum atomic E-state index is 10.4. The molecule has 0 fully saturated rings. The molecule has 1 aromatic heterocycles. The standard InChI is InChI=1S/C7H5N3O2/c8-2-1-6-3-5(7(11)12)4-9-10-6/h3-4H,1H2,(H,11,12). The van der Waals surface area contributed by atoms with Gasteiger partial charge in [-0.05, 0) is 6.07 Å². The number of carboxylic acids is 1. The summed E-state index contributed by atoms with van der Waals surface area (Å²) in [5.74, 6) is -1.07. The number of hydrogen-bond acceptors (Lipinski definition) is 4. The van der Waals surface area contributed by atoms with E-state index >= 15 is 0 Å². The summed E-state index contributed by atoms with van der Waals surface area (Å²) in [6.07, 6.45) is 1.22.